The number of rotatable bonds is 1. The third-order valence-electron chi connectivity index (χ3n) is 6.16. The molecule has 2 aliphatic rings. The Balaban J connectivity index is 1.52. The Morgan fingerprint density at radius 1 is 1.04 bits per heavy atom. The van der Waals surface area contributed by atoms with Crippen LogP contribution >= 0.6 is 0 Å². The maximum Gasteiger partial charge on any atom is 0.221 e. The molecule has 7 nitrogen and oxygen atoms in total. The van der Waals surface area contributed by atoms with Crippen molar-refractivity contribution in [1.82, 2.24) is 24.8 Å². The van der Waals surface area contributed by atoms with E-state index in [-0.39, 0.29) is 5.91 Å². The van der Waals surface area contributed by atoms with Gasteiger partial charge in [-0.15, -0.1) is 0 Å². The third-order valence-corrected chi connectivity index (χ3v) is 6.16. The number of nitrogens with zero attached hydrogens (tertiary/aromatic N) is 5. The molecule has 4 rings (SSSR count). The monoisotopic (exact) mass is 384 g/mol. The molecule has 28 heavy (non-hydrogen) atoms. The molecule has 0 spiro atoms. The molecule has 0 radical (unpaired) electrons. The van der Waals surface area contributed by atoms with Gasteiger partial charge in [-0.2, -0.15) is 0 Å². The molecule has 2 aliphatic heterocycles. The van der Waals surface area contributed by atoms with E-state index in [1.165, 1.54) is 12.8 Å². The van der Waals surface area contributed by atoms with Crippen LogP contribution < -0.4 is 10.2 Å². The second-order valence-electron chi connectivity index (χ2n) is 8.15. The molecule has 2 saturated heterocycles. The average molecular weight is 385 g/mol. The van der Waals surface area contributed by atoms with Crippen LogP contribution in [-0.4, -0.2) is 64.1 Å². The van der Waals surface area contributed by atoms with Gasteiger partial charge in [0.1, 0.15) is 17.8 Å². The van der Waals surface area contributed by atoms with Gasteiger partial charge in [0.2, 0.25) is 5.91 Å². The van der Waals surface area contributed by atoms with E-state index in [0.29, 0.717) is 12.5 Å². The zero-order chi connectivity index (χ0) is 19.3. The molecule has 1 unspecified atom stereocenters. The van der Waals surface area contributed by atoms with Crippen molar-refractivity contribution in [3.63, 3.8) is 0 Å². The predicted octanol–water partition coefficient (Wildman–Crippen LogP) is 2.32. The highest BCUT2D eigenvalue weighted by molar-refractivity contribution is 5.87. The molecule has 0 saturated carbocycles. The molecule has 152 valence electrons. The van der Waals surface area contributed by atoms with Gasteiger partial charge in [-0.05, 0) is 44.7 Å². The van der Waals surface area contributed by atoms with Crippen LogP contribution in [0.1, 0.15) is 44.9 Å². The Labute approximate surface area is 167 Å². The standard InChI is InChI=1S/C21H32N6O/c1-25-14-8-18-20(25)23-16-24-21(18)27-11-5-3-9-22-19(28)15-17-7-2-4-10-26(17)12-6-13-27/h8,14,16-17H,2-7,9-13,15H2,1H3,(H,22,28). The molecule has 7 heteroatoms. The SMILES string of the molecule is Cn1ccc2c(N3CCCCNC(=O)CC4CCCCN4CCC3)ncnc21. The van der Waals surface area contributed by atoms with Gasteiger partial charge in [0, 0.05) is 51.9 Å². The van der Waals surface area contributed by atoms with Gasteiger partial charge in [-0.25, -0.2) is 9.97 Å². The minimum atomic E-state index is 0.217. The lowest BCUT2D eigenvalue weighted by molar-refractivity contribution is -0.122. The highest BCUT2D eigenvalue weighted by Gasteiger charge is 2.25. The van der Waals surface area contributed by atoms with E-state index in [4.69, 9.17) is 0 Å². The van der Waals surface area contributed by atoms with Crippen LogP contribution in [0.4, 0.5) is 5.82 Å². The van der Waals surface area contributed by atoms with Gasteiger partial charge in [0.25, 0.3) is 0 Å². The topological polar surface area (TPSA) is 66.3 Å². The van der Waals surface area contributed by atoms with Gasteiger partial charge < -0.3 is 14.8 Å². The molecule has 0 bridgehead atoms. The minimum absolute atomic E-state index is 0.217. The van der Waals surface area contributed by atoms with Crippen molar-refractivity contribution in [3.05, 3.63) is 18.6 Å². The van der Waals surface area contributed by atoms with Gasteiger partial charge in [0.15, 0.2) is 0 Å². The highest BCUT2D eigenvalue weighted by atomic mass is 16.1. The van der Waals surface area contributed by atoms with Crippen LogP contribution in [0, 0.1) is 0 Å². The summed E-state index contributed by atoms with van der Waals surface area (Å²) < 4.78 is 2.05. The molecule has 0 aliphatic carbocycles. The van der Waals surface area contributed by atoms with Crippen LogP contribution in [0.25, 0.3) is 11.0 Å². The Morgan fingerprint density at radius 3 is 2.79 bits per heavy atom. The van der Waals surface area contributed by atoms with Crippen LogP contribution in [0.15, 0.2) is 18.6 Å². The van der Waals surface area contributed by atoms with Crippen molar-refractivity contribution in [1.29, 1.82) is 0 Å². The van der Waals surface area contributed by atoms with E-state index in [2.05, 4.69) is 41.9 Å². The molecule has 1 atom stereocenters. The first-order valence-electron chi connectivity index (χ1n) is 10.7. The van der Waals surface area contributed by atoms with Crippen LogP contribution in [0.2, 0.25) is 0 Å². The number of carbonyl (C=O) groups is 1. The smallest absolute Gasteiger partial charge is 0.221 e. The van der Waals surface area contributed by atoms with Crippen molar-refractivity contribution in [2.24, 2.45) is 7.05 Å². The maximum absolute atomic E-state index is 12.3. The van der Waals surface area contributed by atoms with Gasteiger partial charge >= 0.3 is 0 Å². The fourth-order valence-electron chi connectivity index (χ4n) is 4.63. The summed E-state index contributed by atoms with van der Waals surface area (Å²) in [5, 5.41) is 4.25. The van der Waals surface area contributed by atoms with Crippen LogP contribution in [-0.2, 0) is 11.8 Å². The molecule has 0 aromatic carbocycles. The lowest BCUT2D eigenvalue weighted by Crippen LogP contribution is -2.43. The fraction of sp³-hybridized carbons (Fsp3) is 0.667. The van der Waals surface area contributed by atoms with E-state index in [1.807, 2.05) is 7.05 Å². The Kier molecular flexibility index (Phi) is 6.10. The summed E-state index contributed by atoms with van der Waals surface area (Å²) in [6, 6.07) is 2.52. The number of piperidine rings is 1. The van der Waals surface area contributed by atoms with E-state index in [1.54, 1.807) is 6.33 Å². The lowest BCUT2D eigenvalue weighted by atomic mass is 9.98. The number of fused-ring (bicyclic) bond motifs is 2. The van der Waals surface area contributed by atoms with Gasteiger partial charge in [0.05, 0.1) is 5.39 Å². The lowest BCUT2D eigenvalue weighted by Gasteiger charge is -2.36. The third kappa shape index (κ3) is 4.29. The number of anilines is 1. The van der Waals surface area contributed by atoms with E-state index < -0.39 is 0 Å². The molecule has 2 fully saturated rings. The summed E-state index contributed by atoms with van der Waals surface area (Å²) in [6.07, 6.45) is 11.2. The second kappa shape index (κ2) is 8.90. The van der Waals surface area contributed by atoms with Crippen molar-refractivity contribution in [3.8, 4) is 0 Å². The number of aryl methyl sites for hydroxylation is 1. The Hall–Kier alpha value is -2.15. The van der Waals surface area contributed by atoms with Crippen molar-refractivity contribution >= 4 is 22.8 Å². The van der Waals surface area contributed by atoms with E-state index in [0.717, 1.165) is 75.3 Å². The van der Waals surface area contributed by atoms with Crippen LogP contribution in [0.3, 0.4) is 0 Å². The molecular weight excluding hydrogens is 352 g/mol. The summed E-state index contributed by atoms with van der Waals surface area (Å²) in [7, 11) is 2.03. The molecular formula is C21H32N6O. The van der Waals surface area contributed by atoms with E-state index in [9.17, 15) is 4.79 Å². The first kappa shape index (κ1) is 19.2. The number of nitrogens with one attached hydrogen (secondary N) is 1. The molecule has 1 N–H and O–H groups in total. The summed E-state index contributed by atoms with van der Waals surface area (Å²) in [5.74, 6) is 1.26. The van der Waals surface area contributed by atoms with Gasteiger partial charge in [-0.3, -0.25) is 9.69 Å². The quantitative estimate of drug-likeness (QED) is 0.817. The van der Waals surface area contributed by atoms with Gasteiger partial charge in [-0.1, -0.05) is 6.42 Å². The summed E-state index contributed by atoms with van der Waals surface area (Å²) in [5.41, 5.74) is 0.983. The molecule has 1 amide bonds. The number of hydrogen-bond acceptors (Lipinski definition) is 5. The Morgan fingerprint density at radius 2 is 1.86 bits per heavy atom. The highest BCUT2D eigenvalue weighted by Crippen LogP contribution is 2.25. The largest absolute Gasteiger partial charge is 0.356 e. The van der Waals surface area contributed by atoms with Crippen LogP contribution in [0.5, 0.6) is 0 Å². The first-order chi connectivity index (χ1) is 13.7. The molecule has 4 heterocycles. The minimum Gasteiger partial charge on any atom is -0.356 e. The van der Waals surface area contributed by atoms with Crippen molar-refractivity contribution < 1.29 is 4.79 Å². The Bertz CT molecular complexity index is 803. The summed E-state index contributed by atoms with van der Waals surface area (Å²) in [6.45, 7) is 4.89. The number of aromatic nitrogens is 3. The van der Waals surface area contributed by atoms with E-state index >= 15 is 0 Å². The zero-order valence-electron chi connectivity index (χ0n) is 16.9. The molecule has 2 aromatic heterocycles. The second-order valence-corrected chi connectivity index (χ2v) is 8.15. The zero-order valence-corrected chi connectivity index (χ0v) is 16.9. The van der Waals surface area contributed by atoms with Crippen molar-refractivity contribution in [2.75, 3.05) is 37.6 Å². The van der Waals surface area contributed by atoms with Crippen molar-refractivity contribution in [2.45, 2.75) is 51.0 Å². The summed E-state index contributed by atoms with van der Waals surface area (Å²) in [4.78, 5) is 26.4. The average Bonchev–Trinajstić information content (AvgIpc) is 3.09. The number of hydrogen-bond donors (Lipinski definition) is 1. The predicted molar refractivity (Wildman–Crippen MR) is 111 cm³/mol. The molecule has 2 aromatic rings. The summed E-state index contributed by atoms with van der Waals surface area (Å²) >= 11 is 0. The fourth-order valence-corrected chi connectivity index (χ4v) is 4.63. The normalized spacial score (nSPS) is 23.4. The maximum atomic E-state index is 12.3. The number of carbonyl (C=O) groups excluding carboxylic acids is 1. The number of amides is 1. The first-order valence-corrected chi connectivity index (χ1v) is 10.7.